The molecule has 0 radical (unpaired) electrons. The van der Waals surface area contributed by atoms with Gasteiger partial charge < -0.3 is 25.2 Å². The van der Waals surface area contributed by atoms with Crippen molar-refractivity contribution < 1.29 is 25.2 Å². The highest BCUT2D eigenvalue weighted by molar-refractivity contribution is 6.35. The van der Waals surface area contributed by atoms with Crippen molar-refractivity contribution in [2.45, 2.75) is 31.0 Å². The van der Waals surface area contributed by atoms with Gasteiger partial charge in [0.2, 0.25) is 5.60 Å². The largest absolute Gasteiger partial charge is 0.507 e. The summed E-state index contributed by atoms with van der Waals surface area (Å²) in [5, 5.41) is 38.4. The third-order valence-electron chi connectivity index (χ3n) is 2.88. The van der Waals surface area contributed by atoms with E-state index in [2.05, 4.69) is 11.8 Å². The molecule has 112 valence electrons. The van der Waals surface area contributed by atoms with Crippen molar-refractivity contribution in [3.8, 4) is 11.8 Å². The molecule has 0 amide bonds. The molecule has 0 aliphatic heterocycles. The topological polar surface area (TPSA) is 90.2 Å². The summed E-state index contributed by atoms with van der Waals surface area (Å²) in [6.07, 6.45) is 0.739. The van der Waals surface area contributed by atoms with Gasteiger partial charge in [0.15, 0.2) is 11.4 Å². The second-order valence-corrected chi connectivity index (χ2v) is 5.18. The molecule has 4 N–H and O–H groups in total. The summed E-state index contributed by atoms with van der Waals surface area (Å²) in [5.41, 5.74) is -4.09. The van der Waals surface area contributed by atoms with Crippen LogP contribution in [0.2, 0.25) is 0 Å². The zero-order valence-electron chi connectivity index (χ0n) is 11.1. The third-order valence-corrected chi connectivity index (χ3v) is 3.87. The van der Waals surface area contributed by atoms with Crippen LogP contribution < -0.4 is 0 Å². The van der Waals surface area contributed by atoms with Crippen LogP contribution in [0.5, 0.6) is 0 Å². The van der Waals surface area contributed by atoms with Crippen LogP contribution in [-0.2, 0) is 4.74 Å². The number of aliphatic hydroxyl groups is 4. The molecule has 0 heterocycles. The van der Waals surface area contributed by atoms with Gasteiger partial charge in [-0.15, -0.1) is 0 Å². The predicted molar refractivity (Wildman–Crippen MR) is 75.1 cm³/mol. The molecule has 7 heteroatoms. The first-order valence-corrected chi connectivity index (χ1v) is 6.59. The molecule has 0 aromatic heterocycles. The molecule has 1 aliphatic carbocycles. The summed E-state index contributed by atoms with van der Waals surface area (Å²) in [6.45, 7) is 1.18. The Hall–Kier alpha value is -0.900. The van der Waals surface area contributed by atoms with Gasteiger partial charge >= 0.3 is 0 Å². The van der Waals surface area contributed by atoms with Gasteiger partial charge in [-0.1, -0.05) is 35.0 Å². The summed E-state index contributed by atoms with van der Waals surface area (Å²) in [7, 11) is 1.24. The quantitative estimate of drug-likeness (QED) is 0.465. The van der Waals surface area contributed by atoms with Crippen LogP contribution in [0.3, 0.4) is 0 Å². The lowest BCUT2D eigenvalue weighted by molar-refractivity contribution is 0.0435. The highest BCUT2D eigenvalue weighted by Crippen LogP contribution is 2.45. The van der Waals surface area contributed by atoms with E-state index in [1.165, 1.54) is 14.0 Å². The number of halogens is 2. The van der Waals surface area contributed by atoms with Crippen LogP contribution >= 0.6 is 23.2 Å². The van der Waals surface area contributed by atoms with Crippen LogP contribution in [-0.4, -0.2) is 45.3 Å². The summed E-state index contributed by atoms with van der Waals surface area (Å²) in [4.78, 5) is 0. The van der Waals surface area contributed by atoms with Gasteiger partial charge in [-0.05, 0) is 13.3 Å². The smallest absolute Gasteiger partial charge is 0.224 e. The Morgan fingerprint density at radius 3 is 2.35 bits per heavy atom. The first-order chi connectivity index (χ1) is 9.23. The van der Waals surface area contributed by atoms with Gasteiger partial charge in [0.1, 0.15) is 10.8 Å². The molecule has 0 fully saturated rings. The fourth-order valence-electron chi connectivity index (χ4n) is 1.68. The SMILES string of the molecule is COC1=C(Cl)C(C)(O)C(O)=C(Cl)C1(O)C#CCCCO. The lowest BCUT2D eigenvalue weighted by Gasteiger charge is -2.36. The molecule has 1 aliphatic rings. The number of ether oxygens (including phenoxy) is 1. The van der Waals surface area contributed by atoms with Crippen LogP contribution in [0.25, 0.3) is 0 Å². The van der Waals surface area contributed by atoms with Gasteiger partial charge in [-0.25, -0.2) is 0 Å². The molecule has 0 spiro atoms. The number of hydrogen-bond donors (Lipinski definition) is 4. The van der Waals surface area contributed by atoms with Crippen molar-refractivity contribution in [2.75, 3.05) is 13.7 Å². The third kappa shape index (κ3) is 2.76. The van der Waals surface area contributed by atoms with Gasteiger partial charge in [0.05, 0.1) is 12.1 Å². The van der Waals surface area contributed by atoms with E-state index in [4.69, 9.17) is 33.0 Å². The molecule has 2 unspecified atom stereocenters. The van der Waals surface area contributed by atoms with Gasteiger partial charge in [-0.2, -0.15) is 0 Å². The second-order valence-electron chi connectivity index (χ2n) is 4.42. The standard InChI is InChI=1S/C13H16Cl2O5/c1-12(18)9(15)11(20-2)13(19,8(14)10(12)17)6-4-3-5-7-16/h16-19H,3,5,7H2,1-2H3. The molecule has 0 aromatic rings. The van der Waals surface area contributed by atoms with Crippen LogP contribution in [0.15, 0.2) is 21.6 Å². The monoisotopic (exact) mass is 322 g/mol. The molecule has 0 saturated carbocycles. The molecule has 5 nitrogen and oxygen atoms in total. The second kappa shape index (κ2) is 6.25. The van der Waals surface area contributed by atoms with E-state index in [-0.39, 0.29) is 17.4 Å². The van der Waals surface area contributed by atoms with E-state index in [9.17, 15) is 15.3 Å². The molecular weight excluding hydrogens is 307 g/mol. The fourth-order valence-corrected chi connectivity index (χ4v) is 2.30. The van der Waals surface area contributed by atoms with E-state index in [0.717, 1.165) is 0 Å². The molecular formula is C13H16Cl2O5. The number of methoxy groups -OCH3 is 1. The van der Waals surface area contributed by atoms with Crippen molar-refractivity contribution in [1.29, 1.82) is 0 Å². The van der Waals surface area contributed by atoms with Crippen molar-refractivity contribution in [2.24, 2.45) is 0 Å². The van der Waals surface area contributed by atoms with Gasteiger partial charge in [0, 0.05) is 13.0 Å². The fraction of sp³-hybridized carbons (Fsp3) is 0.538. The van der Waals surface area contributed by atoms with Gasteiger partial charge in [-0.3, -0.25) is 0 Å². The summed E-state index contributed by atoms with van der Waals surface area (Å²) in [5.74, 6) is 4.13. The number of rotatable bonds is 3. The van der Waals surface area contributed by atoms with Crippen LogP contribution in [0.1, 0.15) is 19.8 Å². The lowest BCUT2D eigenvalue weighted by Crippen LogP contribution is -2.44. The lowest BCUT2D eigenvalue weighted by atomic mass is 9.86. The van der Waals surface area contributed by atoms with E-state index >= 15 is 0 Å². The van der Waals surface area contributed by atoms with E-state index < -0.39 is 22.0 Å². The Labute approximate surface area is 127 Å². The maximum Gasteiger partial charge on any atom is 0.224 e. The zero-order chi connectivity index (χ0) is 15.6. The normalized spacial score (nSPS) is 30.1. The van der Waals surface area contributed by atoms with E-state index in [1.54, 1.807) is 0 Å². The Kier molecular flexibility index (Phi) is 5.36. The summed E-state index contributed by atoms with van der Waals surface area (Å²) in [6, 6.07) is 0. The number of unbranched alkanes of at least 4 members (excludes halogenated alkanes) is 1. The highest BCUT2D eigenvalue weighted by atomic mass is 35.5. The summed E-state index contributed by atoms with van der Waals surface area (Å²) < 4.78 is 4.99. The summed E-state index contributed by atoms with van der Waals surface area (Å²) >= 11 is 11.8. The maximum atomic E-state index is 10.5. The Morgan fingerprint density at radius 1 is 1.25 bits per heavy atom. The van der Waals surface area contributed by atoms with Crippen molar-refractivity contribution in [3.05, 3.63) is 21.6 Å². The average Bonchev–Trinajstić information content (AvgIpc) is 2.41. The minimum atomic E-state index is -2.13. The molecule has 20 heavy (non-hydrogen) atoms. The van der Waals surface area contributed by atoms with Crippen LogP contribution in [0.4, 0.5) is 0 Å². The van der Waals surface area contributed by atoms with Crippen LogP contribution in [0, 0.1) is 11.8 Å². The van der Waals surface area contributed by atoms with Crippen molar-refractivity contribution in [1.82, 2.24) is 0 Å². The average molecular weight is 323 g/mol. The van der Waals surface area contributed by atoms with E-state index in [0.29, 0.717) is 12.8 Å². The molecule has 2 atom stereocenters. The number of hydrogen-bond acceptors (Lipinski definition) is 5. The molecule has 0 aromatic carbocycles. The first kappa shape index (κ1) is 17.2. The Balaban J connectivity index is 3.35. The maximum absolute atomic E-state index is 10.5. The molecule has 0 bridgehead atoms. The minimum absolute atomic E-state index is 0.0373. The zero-order valence-corrected chi connectivity index (χ0v) is 12.6. The van der Waals surface area contributed by atoms with Crippen molar-refractivity contribution in [3.63, 3.8) is 0 Å². The minimum Gasteiger partial charge on any atom is -0.507 e. The Bertz CT molecular complexity index is 513. The molecule has 1 rings (SSSR count). The first-order valence-electron chi connectivity index (χ1n) is 5.83. The van der Waals surface area contributed by atoms with E-state index in [1.807, 2.05) is 0 Å². The van der Waals surface area contributed by atoms with Gasteiger partial charge in [0.25, 0.3) is 0 Å². The Morgan fingerprint density at radius 2 is 1.85 bits per heavy atom. The van der Waals surface area contributed by atoms with Crippen molar-refractivity contribution >= 4 is 23.2 Å². The highest BCUT2D eigenvalue weighted by Gasteiger charge is 2.51. The number of aliphatic hydroxyl groups excluding tert-OH is 2. The molecule has 0 saturated heterocycles. The predicted octanol–water partition coefficient (Wildman–Crippen LogP) is 1.36.